The molecule has 0 aromatic rings. The molecule has 0 spiro atoms. The molecular formula is C5H9NO2. The van der Waals surface area contributed by atoms with Gasteiger partial charge in [-0.2, -0.15) is 0 Å². The van der Waals surface area contributed by atoms with Gasteiger partial charge in [0.05, 0.1) is 13.2 Å². The minimum atomic E-state index is 0.0301. The van der Waals surface area contributed by atoms with Crippen molar-refractivity contribution in [3.63, 3.8) is 0 Å². The Morgan fingerprint density at radius 1 is 1.88 bits per heavy atom. The van der Waals surface area contributed by atoms with Gasteiger partial charge in [0.25, 0.3) is 0 Å². The van der Waals surface area contributed by atoms with Crippen LogP contribution in [0.5, 0.6) is 0 Å². The molecule has 0 amide bonds. The number of aliphatic hydroxyl groups excluding tert-OH is 1. The Balaban J connectivity index is 2.32. The summed E-state index contributed by atoms with van der Waals surface area (Å²) in [7, 11) is 0. The van der Waals surface area contributed by atoms with E-state index in [0.717, 1.165) is 0 Å². The van der Waals surface area contributed by atoms with Crippen molar-refractivity contribution in [1.82, 2.24) is 5.32 Å². The number of ketones is 1. The first-order valence-corrected chi connectivity index (χ1v) is 2.69. The number of hydrogen-bond donors (Lipinski definition) is 2. The fourth-order valence-corrected chi connectivity index (χ4v) is 0.806. The van der Waals surface area contributed by atoms with Crippen LogP contribution in [0, 0.1) is 0 Å². The van der Waals surface area contributed by atoms with Crippen molar-refractivity contribution in [1.29, 1.82) is 0 Å². The quantitative estimate of drug-likeness (QED) is 0.456. The van der Waals surface area contributed by atoms with Crippen molar-refractivity contribution in [2.45, 2.75) is 12.5 Å². The van der Waals surface area contributed by atoms with Gasteiger partial charge in [-0.1, -0.05) is 0 Å². The molecule has 1 rings (SSSR count). The third-order valence-corrected chi connectivity index (χ3v) is 1.28. The van der Waals surface area contributed by atoms with Crippen LogP contribution >= 0.6 is 0 Å². The van der Waals surface area contributed by atoms with Gasteiger partial charge in [0.15, 0.2) is 0 Å². The normalized spacial score (nSPS) is 29.1. The van der Waals surface area contributed by atoms with Gasteiger partial charge < -0.3 is 10.4 Å². The Hall–Kier alpha value is -0.410. The maximum atomic E-state index is 10.4. The summed E-state index contributed by atoms with van der Waals surface area (Å²) in [5.74, 6) is 0.198. The van der Waals surface area contributed by atoms with Gasteiger partial charge in [-0.05, 0) is 0 Å². The largest absolute Gasteiger partial charge is 0.395 e. The molecule has 1 aliphatic rings. The number of Topliss-reactive ketones (excluding diaryl/α,β-unsaturated/α-hetero) is 1. The molecule has 1 saturated heterocycles. The third kappa shape index (κ3) is 1.05. The van der Waals surface area contributed by atoms with Crippen molar-refractivity contribution < 1.29 is 9.90 Å². The molecule has 3 nitrogen and oxygen atoms in total. The molecule has 0 bridgehead atoms. The zero-order valence-corrected chi connectivity index (χ0v) is 4.55. The molecule has 2 N–H and O–H groups in total. The van der Waals surface area contributed by atoms with Gasteiger partial charge in [0.2, 0.25) is 0 Å². The lowest BCUT2D eigenvalue weighted by molar-refractivity contribution is -0.116. The van der Waals surface area contributed by atoms with E-state index in [-0.39, 0.29) is 18.4 Å². The number of rotatable bonds is 1. The van der Waals surface area contributed by atoms with Crippen LogP contribution in [0.4, 0.5) is 0 Å². The smallest absolute Gasteiger partial charge is 0.148 e. The first-order chi connectivity index (χ1) is 3.83. The summed E-state index contributed by atoms with van der Waals surface area (Å²) in [4.78, 5) is 10.4. The van der Waals surface area contributed by atoms with Gasteiger partial charge in [-0.25, -0.2) is 0 Å². The number of aliphatic hydroxyl groups is 1. The van der Waals surface area contributed by atoms with Crippen molar-refractivity contribution in [2.75, 3.05) is 13.2 Å². The topological polar surface area (TPSA) is 49.3 Å². The highest BCUT2D eigenvalue weighted by Crippen LogP contribution is 1.98. The summed E-state index contributed by atoms with van der Waals surface area (Å²) >= 11 is 0. The van der Waals surface area contributed by atoms with Gasteiger partial charge in [0.1, 0.15) is 5.78 Å². The van der Waals surface area contributed by atoms with Crippen molar-refractivity contribution >= 4 is 5.78 Å². The van der Waals surface area contributed by atoms with Crippen LogP contribution in [0.3, 0.4) is 0 Å². The van der Waals surface area contributed by atoms with Crippen LogP contribution in [0.1, 0.15) is 6.42 Å². The van der Waals surface area contributed by atoms with Crippen LogP contribution in [-0.4, -0.2) is 30.1 Å². The van der Waals surface area contributed by atoms with E-state index in [2.05, 4.69) is 5.32 Å². The summed E-state index contributed by atoms with van der Waals surface area (Å²) in [6.45, 7) is 0.511. The second kappa shape index (κ2) is 2.24. The summed E-state index contributed by atoms with van der Waals surface area (Å²) in [6, 6.07) is 0.0301. The van der Waals surface area contributed by atoms with Gasteiger partial charge in [0, 0.05) is 12.5 Å². The zero-order chi connectivity index (χ0) is 5.98. The Morgan fingerprint density at radius 2 is 2.62 bits per heavy atom. The second-order valence-corrected chi connectivity index (χ2v) is 2.00. The molecule has 0 aromatic heterocycles. The van der Waals surface area contributed by atoms with Crippen molar-refractivity contribution in [3.8, 4) is 0 Å². The maximum Gasteiger partial charge on any atom is 0.148 e. The van der Waals surface area contributed by atoms with Gasteiger partial charge in [-0.3, -0.25) is 4.79 Å². The molecule has 0 aliphatic carbocycles. The zero-order valence-electron chi connectivity index (χ0n) is 4.55. The number of carbonyl (C=O) groups is 1. The van der Waals surface area contributed by atoms with Crippen LogP contribution in [0.25, 0.3) is 0 Å². The lowest BCUT2D eigenvalue weighted by Gasteiger charge is -2.00. The summed E-state index contributed by atoms with van der Waals surface area (Å²) in [6.07, 6.45) is 0.497. The van der Waals surface area contributed by atoms with Crippen LogP contribution in [0.15, 0.2) is 0 Å². The molecule has 1 heterocycles. The summed E-state index contributed by atoms with van der Waals surface area (Å²) < 4.78 is 0. The Kier molecular flexibility index (Phi) is 1.60. The SMILES string of the molecule is O=C1CN[C@@H](CO)C1. The predicted octanol–water partition coefficient (Wildman–Crippen LogP) is -1.09. The second-order valence-electron chi connectivity index (χ2n) is 2.00. The van der Waals surface area contributed by atoms with Gasteiger partial charge >= 0.3 is 0 Å². The highest BCUT2D eigenvalue weighted by atomic mass is 16.3. The van der Waals surface area contributed by atoms with E-state index in [1.807, 2.05) is 0 Å². The fraction of sp³-hybridized carbons (Fsp3) is 0.800. The maximum absolute atomic E-state index is 10.4. The number of nitrogens with one attached hydrogen (secondary N) is 1. The van der Waals surface area contributed by atoms with Crippen LogP contribution in [-0.2, 0) is 4.79 Å². The van der Waals surface area contributed by atoms with E-state index in [0.29, 0.717) is 13.0 Å². The minimum Gasteiger partial charge on any atom is -0.395 e. The molecule has 0 saturated carbocycles. The van der Waals surface area contributed by atoms with E-state index in [1.165, 1.54) is 0 Å². The highest BCUT2D eigenvalue weighted by Gasteiger charge is 2.19. The van der Waals surface area contributed by atoms with E-state index >= 15 is 0 Å². The first kappa shape index (κ1) is 5.72. The number of carbonyl (C=O) groups excluding carboxylic acids is 1. The van der Waals surface area contributed by atoms with E-state index in [4.69, 9.17) is 5.11 Å². The molecule has 0 aromatic carbocycles. The molecule has 3 heteroatoms. The molecule has 1 atom stereocenters. The van der Waals surface area contributed by atoms with Crippen LogP contribution in [0.2, 0.25) is 0 Å². The average molecular weight is 115 g/mol. The van der Waals surface area contributed by atoms with E-state index in [1.54, 1.807) is 0 Å². The molecule has 1 aliphatic heterocycles. The summed E-state index contributed by atoms with van der Waals surface area (Å²) in [5, 5.41) is 11.3. The van der Waals surface area contributed by atoms with E-state index in [9.17, 15) is 4.79 Å². The molecule has 0 radical (unpaired) electrons. The Bertz CT molecular complexity index is 103. The first-order valence-electron chi connectivity index (χ1n) is 2.69. The molecular weight excluding hydrogens is 106 g/mol. The Labute approximate surface area is 47.7 Å². The third-order valence-electron chi connectivity index (χ3n) is 1.28. The molecule has 1 fully saturated rings. The number of hydrogen-bond acceptors (Lipinski definition) is 3. The highest BCUT2D eigenvalue weighted by molar-refractivity contribution is 5.83. The Morgan fingerprint density at radius 3 is 2.88 bits per heavy atom. The summed E-state index contributed by atoms with van der Waals surface area (Å²) in [5.41, 5.74) is 0. The molecule has 0 unspecified atom stereocenters. The lowest BCUT2D eigenvalue weighted by atomic mass is 10.2. The standard InChI is InChI=1S/C5H9NO2/c7-3-4-1-5(8)2-6-4/h4,6-7H,1-3H2/t4-/m1/s1. The molecule has 46 valence electrons. The average Bonchev–Trinajstić information content (AvgIpc) is 2.14. The van der Waals surface area contributed by atoms with E-state index < -0.39 is 0 Å². The minimum absolute atomic E-state index is 0.0301. The van der Waals surface area contributed by atoms with Crippen molar-refractivity contribution in [2.24, 2.45) is 0 Å². The molecule has 8 heavy (non-hydrogen) atoms. The monoisotopic (exact) mass is 115 g/mol. The van der Waals surface area contributed by atoms with Gasteiger partial charge in [-0.15, -0.1) is 0 Å². The predicted molar refractivity (Wildman–Crippen MR) is 28.5 cm³/mol. The lowest BCUT2D eigenvalue weighted by Crippen LogP contribution is -2.24. The fourth-order valence-electron chi connectivity index (χ4n) is 0.806. The van der Waals surface area contributed by atoms with Crippen LogP contribution < -0.4 is 5.32 Å². The van der Waals surface area contributed by atoms with Crippen molar-refractivity contribution in [3.05, 3.63) is 0 Å².